The lowest BCUT2D eigenvalue weighted by atomic mass is 9.67. The Morgan fingerprint density at radius 3 is 2.70 bits per heavy atom. The largest absolute Gasteiger partial charge is 0.461 e. The lowest BCUT2D eigenvalue weighted by molar-refractivity contribution is -0.155. The molecule has 8 heteroatoms. The topological polar surface area (TPSA) is 74.8 Å². The maximum atomic E-state index is 12.7. The van der Waals surface area contributed by atoms with Crippen LogP contribution in [0.15, 0.2) is 24.5 Å². The summed E-state index contributed by atoms with van der Waals surface area (Å²) < 4.78 is 5.97. The molecule has 164 valence electrons. The predicted octanol–water partition coefficient (Wildman–Crippen LogP) is 1.91. The molecule has 1 aromatic rings. The molecule has 0 bridgehead atoms. The van der Waals surface area contributed by atoms with E-state index in [0.29, 0.717) is 18.1 Å². The van der Waals surface area contributed by atoms with Crippen molar-refractivity contribution in [2.75, 3.05) is 40.3 Å². The highest BCUT2D eigenvalue weighted by atomic mass is 32.1. The maximum Gasteiger partial charge on any atom is 0.306 e. The Morgan fingerprint density at radius 1 is 1.27 bits per heavy atom. The standard InChI is InChI=1S/C22H32N4O3S/c1-23-21(30)22(17-6-5-11-24-16-17)10-4-3-7-18(22)29-20(28)9-8-19(27)26-14-12-25(2)13-15-26/h5-6,11,16,18H,3-4,7-10,12-15H2,1-2H3,(H,23,30)/t18-,22+/m1/s1. The van der Waals surface area contributed by atoms with Crippen LogP contribution in [0.3, 0.4) is 0 Å². The van der Waals surface area contributed by atoms with Crippen molar-refractivity contribution in [2.24, 2.45) is 0 Å². The molecule has 1 saturated heterocycles. The summed E-state index contributed by atoms with van der Waals surface area (Å²) >= 11 is 5.71. The van der Waals surface area contributed by atoms with E-state index >= 15 is 0 Å². The quantitative estimate of drug-likeness (QED) is 0.544. The van der Waals surface area contributed by atoms with Crippen LogP contribution in [0.2, 0.25) is 0 Å². The van der Waals surface area contributed by atoms with Crippen molar-refractivity contribution >= 4 is 29.1 Å². The van der Waals surface area contributed by atoms with E-state index in [0.717, 1.165) is 44.3 Å². The van der Waals surface area contributed by atoms with E-state index in [4.69, 9.17) is 17.0 Å². The van der Waals surface area contributed by atoms with Crippen LogP contribution < -0.4 is 5.32 Å². The number of rotatable bonds is 6. The molecular formula is C22H32N4O3S. The van der Waals surface area contributed by atoms with Gasteiger partial charge in [-0.15, -0.1) is 0 Å². The number of ether oxygens (including phenoxy) is 1. The van der Waals surface area contributed by atoms with Gasteiger partial charge in [-0.1, -0.05) is 24.7 Å². The summed E-state index contributed by atoms with van der Waals surface area (Å²) in [4.78, 5) is 34.1. The lowest BCUT2D eigenvalue weighted by Gasteiger charge is -2.43. The molecule has 1 aliphatic heterocycles. The number of carbonyl (C=O) groups excluding carboxylic acids is 2. The fourth-order valence-electron chi connectivity index (χ4n) is 4.51. The number of esters is 1. The highest BCUT2D eigenvalue weighted by molar-refractivity contribution is 7.80. The molecule has 1 N–H and O–H groups in total. The molecule has 2 aliphatic rings. The highest BCUT2D eigenvalue weighted by Crippen LogP contribution is 2.42. The number of amides is 1. The SMILES string of the molecule is CNC(=S)[C@]1(c2cccnc2)CCCC[C@H]1OC(=O)CCC(=O)N1CCN(C)CC1. The Balaban J connectivity index is 1.66. The van der Waals surface area contributed by atoms with E-state index in [1.165, 1.54) is 0 Å². The minimum atomic E-state index is -0.576. The van der Waals surface area contributed by atoms with Crippen molar-refractivity contribution in [3.63, 3.8) is 0 Å². The zero-order valence-electron chi connectivity index (χ0n) is 17.9. The lowest BCUT2D eigenvalue weighted by Crippen LogP contribution is -2.54. The van der Waals surface area contributed by atoms with Crippen LogP contribution >= 0.6 is 12.2 Å². The Bertz CT molecular complexity index is 752. The van der Waals surface area contributed by atoms with Gasteiger partial charge in [-0.25, -0.2) is 0 Å². The zero-order chi connectivity index (χ0) is 21.6. The van der Waals surface area contributed by atoms with Crippen molar-refractivity contribution in [2.45, 2.75) is 50.0 Å². The fraction of sp³-hybridized carbons (Fsp3) is 0.636. The van der Waals surface area contributed by atoms with Gasteiger partial charge < -0.3 is 19.9 Å². The fourth-order valence-corrected chi connectivity index (χ4v) is 4.86. The first kappa shape index (κ1) is 22.6. The third-order valence-corrected chi connectivity index (χ3v) is 6.89. The number of hydrogen-bond donors (Lipinski definition) is 1. The molecule has 2 atom stereocenters. The predicted molar refractivity (Wildman–Crippen MR) is 119 cm³/mol. The molecule has 1 amide bonds. The first-order valence-corrected chi connectivity index (χ1v) is 11.2. The number of nitrogens with one attached hydrogen (secondary N) is 1. The van der Waals surface area contributed by atoms with E-state index < -0.39 is 5.41 Å². The third-order valence-electron chi connectivity index (χ3n) is 6.32. The molecular weight excluding hydrogens is 400 g/mol. The van der Waals surface area contributed by atoms with Gasteiger partial charge in [-0.3, -0.25) is 14.6 Å². The van der Waals surface area contributed by atoms with Gasteiger partial charge in [0.2, 0.25) is 5.91 Å². The summed E-state index contributed by atoms with van der Waals surface area (Å²) in [6.07, 6.45) is 7.00. The van der Waals surface area contributed by atoms with Crippen LogP contribution in [0.1, 0.15) is 44.1 Å². The Kier molecular flexibility index (Phi) is 7.77. The number of likely N-dealkylation sites (N-methyl/N-ethyl adjacent to an activating group) is 2. The summed E-state index contributed by atoms with van der Waals surface area (Å²) in [6.45, 7) is 3.17. The minimum absolute atomic E-state index is 0.0213. The normalized spacial score (nSPS) is 24.9. The Hall–Kier alpha value is -2.06. The van der Waals surface area contributed by atoms with E-state index in [1.54, 1.807) is 6.20 Å². The highest BCUT2D eigenvalue weighted by Gasteiger charge is 2.48. The van der Waals surface area contributed by atoms with Gasteiger partial charge in [-0.05, 0) is 37.9 Å². The molecule has 2 heterocycles. The molecule has 2 fully saturated rings. The number of pyridine rings is 1. The average molecular weight is 433 g/mol. The second-order valence-electron chi connectivity index (χ2n) is 8.20. The van der Waals surface area contributed by atoms with Gasteiger partial charge in [0.05, 0.1) is 16.8 Å². The van der Waals surface area contributed by atoms with Crippen LogP contribution in [-0.4, -0.2) is 78.0 Å². The van der Waals surface area contributed by atoms with Gasteiger partial charge in [-0.2, -0.15) is 0 Å². The molecule has 1 aliphatic carbocycles. The van der Waals surface area contributed by atoms with Gasteiger partial charge in [0.25, 0.3) is 0 Å². The molecule has 0 unspecified atom stereocenters. The first-order valence-electron chi connectivity index (χ1n) is 10.8. The Labute approximate surface area is 184 Å². The minimum Gasteiger partial charge on any atom is -0.461 e. The molecule has 0 aromatic carbocycles. The van der Waals surface area contributed by atoms with Crippen LogP contribution in [0, 0.1) is 0 Å². The first-order chi connectivity index (χ1) is 14.5. The van der Waals surface area contributed by atoms with Crippen LogP contribution in [-0.2, 0) is 19.7 Å². The molecule has 0 spiro atoms. The summed E-state index contributed by atoms with van der Waals surface area (Å²) in [5, 5.41) is 3.12. The summed E-state index contributed by atoms with van der Waals surface area (Å²) in [5.41, 5.74) is 0.392. The van der Waals surface area contributed by atoms with Crippen LogP contribution in [0.4, 0.5) is 0 Å². The molecule has 7 nitrogen and oxygen atoms in total. The van der Waals surface area contributed by atoms with Gasteiger partial charge in [0, 0.05) is 52.0 Å². The second kappa shape index (κ2) is 10.3. The Morgan fingerprint density at radius 2 is 2.03 bits per heavy atom. The third kappa shape index (κ3) is 4.98. The molecule has 0 radical (unpaired) electrons. The smallest absolute Gasteiger partial charge is 0.306 e. The van der Waals surface area contributed by atoms with Gasteiger partial charge >= 0.3 is 5.97 Å². The number of nitrogens with zero attached hydrogens (tertiary/aromatic N) is 3. The van der Waals surface area contributed by atoms with E-state index in [1.807, 2.05) is 37.3 Å². The number of hydrogen-bond acceptors (Lipinski definition) is 6. The number of piperazine rings is 1. The monoisotopic (exact) mass is 432 g/mol. The summed E-state index contributed by atoms with van der Waals surface area (Å²) in [6, 6.07) is 3.89. The molecule has 3 rings (SSSR count). The van der Waals surface area contributed by atoms with Crippen LogP contribution in [0.25, 0.3) is 0 Å². The molecule has 1 aromatic heterocycles. The van der Waals surface area contributed by atoms with Crippen molar-refractivity contribution in [3.05, 3.63) is 30.1 Å². The maximum absolute atomic E-state index is 12.7. The summed E-state index contributed by atoms with van der Waals surface area (Å²) in [7, 11) is 3.86. The number of thiocarbonyl (C=S) groups is 1. The average Bonchev–Trinajstić information content (AvgIpc) is 2.78. The van der Waals surface area contributed by atoms with Crippen LogP contribution in [0.5, 0.6) is 0 Å². The second-order valence-corrected chi connectivity index (χ2v) is 8.61. The van der Waals surface area contributed by atoms with Crippen molar-refractivity contribution in [1.29, 1.82) is 0 Å². The van der Waals surface area contributed by atoms with Crippen molar-refractivity contribution in [3.8, 4) is 0 Å². The van der Waals surface area contributed by atoms with Gasteiger partial charge in [0.15, 0.2) is 0 Å². The number of aromatic nitrogens is 1. The van der Waals surface area contributed by atoms with Crippen molar-refractivity contribution in [1.82, 2.24) is 20.1 Å². The van der Waals surface area contributed by atoms with Crippen molar-refractivity contribution < 1.29 is 14.3 Å². The van der Waals surface area contributed by atoms with E-state index in [-0.39, 0.29) is 30.8 Å². The number of carbonyl (C=O) groups is 2. The van der Waals surface area contributed by atoms with E-state index in [2.05, 4.69) is 15.2 Å². The van der Waals surface area contributed by atoms with Gasteiger partial charge in [0.1, 0.15) is 6.10 Å². The molecule has 1 saturated carbocycles. The summed E-state index contributed by atoms with van der Waals surface area (Å²) in [5.74, 6) is -0.315. The van der Waals surface area contributed by atoms with E-state index in [9.17, 15) is 9.59 Å². The molecule has 30 heavy (non-hydrogen) atoms. The zero-order valence-corrected chi connectivity index (χ0v) is 18.7.